The van der Waals surface area contributed by atoms with Gasteiger partial charge in [0.05, 0.1) is 18.7 Å². The van der Waals surface area contributed by atoms with Gasteiger partial charge < -0.3 is 35.6 Å². The van der Waals surface area contributed by atoms with Crippen LogP contribution in [0.15, 0.2) is 30.7 Å². The number of rotatable bonds is 16. The first-order chi connectivity index (χ1) is 20.6. The van der Waals surface area contributed by atoms with Gasteiger partial charge in [-0.2, -0.15) is 4.73 Å². The largest absolute Gasteiger partial charge is 0.618 e. The second-order valence-electron chi connectivity index (χ2n) is 10.7. The average Bonchev–Trinajstić information content (AvgIpc) is 2.94. The van der Waals surface area contributed by atoms with Crippen LogP contribution in [-0.4, -0.2) is 124 Å². The van der Waals surface area contributed by atoms with Gasteiger partial charge in [-0.1, -0.05) is 39.0 Å². The lowest BCUT2D eigenvalue weighted by Gasteiger charge is -2.31. The molecule has 4 N–H and O–H groups in total. The van der Waals surface area contributed by atoms with E-state index in [1.807, 2.05) is 0 Å². The van der Waals surface area contributed by atoms with Crippen molar-refractivity contribution in [3.05, 3.63) is 47.2 Å². The predicted octanol–water partition coefficient (Wildman–Crippen LogP) is 0.857. The first kappa shape index (κ1) is 35.3. The van der Waals surface area contributed by atoms with E-state index in [0.717, 1.165) is 19.3 Å². The van der Waals surface area contributed by atoms with Crippen molar-refractivity contribution in [1.29, 1.82) is 0 Å². The molecule has 0 spiro atoms. The topological polar surface area (TPSA) is 181 Å². The van der Waals surface area contributed by atoms with Crippen molar-refractivity contribution >= 4 is 23.8 Å². The number of hydrogen-bond acceptors (Lipinski definition) is 9. The maximum absolute atomic E-state index is 12.8. The van der Waals surface area contributed by atoms with Gasteiger partial charge >= 0.3 is 17.9 Å². The molecule has 0 radical (unpaired) electrons. The summed E-state index contributed by atoms with van der Waals surface area (Å²) in [5, 5.41) is 43.7. The van der Waals surface area contributed by atoms with E-state index >= 15 is 0 Å². The lowest BCUT2D eigenvalue weighted by Crippen LogP contribution is -2.45. The summed E-state index contributed by atoms with van der Waals surface area (Å²) in [6.45, 7) is 3.58. The number of aliphatic carboxylic acids is 3. The number of unbranched alkanes of at least 4 members (excludes halogenated alkanes) is 5. The van der Waals surface area contributed by atoms with Gasteiger partial charge in [-0.15, -0.1) is 0 Å². The van der Waals surface area contributed by atoms with Gasteiger partial charge in [0, 0.05) is 70.3 Å². The lowest BCUT2D eigenvalue weighted by molar-refractivity contribution is -0.615. The zero-order valence-electron chi connectivity index (χ0n) is 25.0. The maximum atomic E-state index is 12.8. The number of carbonyl (C=O) groups excluding carboxylic acids is 1. The molecule has 0 aliphatic carbocycles. The minimum Gasteiger partial charge on any atom is -0.618 e. The van der Waals surface area contributed by atoms with E-state index < -0.39 is 17.9 Å². The van der Waals surface area contributed by atoms with Crippen LogP contribution in [0.4, 0.5) is 0 Å². The molecule has 1 aliphatic heterocycles. The molecule has 0 fully saturated rings. The Morgan fingerprint density at radius 1 is 0.791 bits per heavy atom. The zero-order chi connectivity index (χ0) is 31.6. The monoisotopic (exact) mass is 606 g/mol. The van der Waals surface area contributed by atoms with Crippen molar-refractivity contribution in [2.45, 2.75) is 52.0 Å². The molecule has 1 aromatic rings. The molecule has 0 saturated heterocycles. The highest BCUT2D eigenvalue weighted by Crippen LogP contribution is 2.09. The fourth-order valence-corrected chi connectivity index (χ4v) is 4.73. The lowest BCUT2D eigenvalue weighted by atomic mass is 10.1. The van der Waals surface area contributed by atoms with Crippen molar-refractivity contribution < 1.29 is 39.2 Å². The van der Waals surface area contributed by atoms with Crippen molar-refractivity contribution in [1.82, 2.24) is 24.9 Å². The molecule has 1 aliphatic rings. The summed E-state index contributed by atoms with van der Waals surface area (Å²) < 4.78 is 0.669. The van der Waals surface area contributed by atoms with E-state index in [1.54, 1.807) is 27.1 Å². The Balaban J connectivity index is 2.19. The van der Waals surface area contributed by atoms with Gasteiger partial charge in [-0.3, -0.25) is 29.0 Å². The van der Waals surface area contributed by atoms with E-state index in [9.17, 15) is 39.7 Å². The SMILES string of the molecule is CCCCCCCCNC(=O)c1cc[n+]([O-])c(CN2/C=C\N(CC(=O)O)CCN(CC(=O)O)CCN(CC(=O)O)CC2)c1. The van der Waals surface area contributed by atoms with Gasteiger partial charge in [0.25, 0.3) is 5.91 Å². The quantitative estimate of drug-likeness (QED) is 0.119. The predicted molar refractivity (Wildman–Crippen MR) is 158 cm³/mol. The number of hydrogen-bond donors (Lipinski definition) is 4. The molecule has 0 unspecified atom stereocenters. The van der Waals surface area contributed by atoms with Gasteiger partial charge in [0.1, 0.15) is 13.1 Å². The van der Waals surface area contributed by atoms with E-state index in [4.69, 9.17) is 0 Å². The van der Waals surface area contributed by atoms with Gasteiger partial charge in [-0.05, 0) is 6.42 Å². The number of carboxylic acid groups (broad SMARTS) is 3. The van der Waals surface area contributed by atoms with E-state index in [1.165, 1.54) is 42.5 Å². The summed E-state index contributed by atoms with van der Waals surface area (Å²) in [7, 11) is 0. The highest BCUT2D eigenvalue weighted by atomic mass is 16.5. The third kappa shape index (κ3) is 14.7. The molecule has 0 saturated carbocycles. The second-order valence-corrected chi connectivity index (χ2v) is 10.7. The Bertz CT molecular complexity index is 1090. The summed E-state index contributed by atoms with van der Waals surface area (Å²) >= 11 is 0. The first-order valence-electron chi connectivity index (χ1n) is 14.8. The number of aromatic nitrogens is 1. The molecular formula is C29H46N6O8. The number of carbonyl (C=O) groups is 4. The normalized spacial score (nSPS) is 16.2. The zero-order valence-corrected chi connectivity index (χ0v) is 25.0. The van der Waals surface area contributed by atoms with Crippen LogP contribution in [0.1, 0.15) is 61.5 Å². The minimum atomic E-state index is -1.06. The molecule has 240 valence electrons. The Labute approximate surface area is 252 Å². The molecule has 1 amide bonds. The number of pyridine rings is 1. The minimum absolute atomic E-state index is 0.0888. The van der Waals surface area contributed by atoms with Crippen molar-refractivity contribution in [3.63, 3.8) is 0 Å². The van der Waals surface area contributed by atoms with Crippen LogP contribution in [0, 0.1) is 5.21 Å². The van der Waals surface area contributed by atoms with Gasteiger partial charge in [0.2, 0.25) is 5.69 Å². The number of nitrogens with zero attached hydrogens (tertiary/aromatic N) is 5. The third-order valence-corrected chi connectivity index (χ3v) is 7.12. The summed E-state index contributed by atoms with van der Waals surface area (Å²) in [4.78, 5) is 53.7. The maximum Gasteiger partial charge on any atom is 0.323 e. The van der Waals surface area contributed by atoms with Crippen LogP contribution in [0.25, 0.3) is 0 Å². The Morgan fingerprint density at radius 2 is 1.33 bits per heavy atom. The van der Waals surface area contributed by atoms with Crippen LogP contribution >= 0.6 is 0 Å². The average molecular weight is 607 g/mol. The van der Waals surface area contributed by atoms with Gasteiger partial charge in [-0.25, -0.2) is 0 Å². The number of amides is 1. The van der Waals surface area contributed by atoms with Crippen LogP contribution in [0.5, 0.6) is 0 Å². The highest BCUT2D eigenvalue weighted by Gasteiger charge is 2.20. The fraction of sp³-hybridized carbons (Fsp3) is 0.621. The second kappa shape index (κ2) is 19.3. The number of nitrogens with one attached hydrogen (secondary N) is 1. The molecule has 0 aromatic carbocycles. The molecule has 43 heavy (non-hydrogen) atoms. The molecule has 0 atom stereocenters. The summed E-state index contributed by atoms with van der Waals surface area (Å²) in [6, 6.07) is 2.99. The van der Waals surface area contributed by atoms with E-state index in [0.29, 0.717) is 22.5 Å². The van der Waals surface area contributed by atoms with Crippen LogP contribution in [0.2, 0.25) is 0 Å². The molecular weight excluding hydrogens is 560 g/mol. The Kier molecular flexibility index (Phi) is 15.8. The summed E-state index contributed by atoms with van der Waals surface area (Å²) in [5.74, 6) is -3.39. The Morgan fingerprint density at radius 3 is 1.93 bits per heavy atom. The van der Waals surface area contributed by atoms with Crippen molar-refractivity contribution in [3.8, 4) is 0 Å². The molecule has 14 heteroatoms. The van der Waals surface area contributed by atoms with Crippen molar-refractivity contribution in [2.24, 2.45) is 0 Å². The molecule has 0 bridgehead atoms. The van der Waals surface area contributed by atoms with Crippen LogP contribution < -0.4 is 10.0 Å². The van der Waals surface area contributed by atoms with E-state index in [-0.39, 0.29) is 71.4 Å². The smallest absolute Gasteiger partial charge is 0.323 e. The highest BCUT2D eigenvalue weighted by molar-refractivity contribution is 5.94. The summed E-state index contributed by atoms with van der Waals surface area (Å²) in [5.41, 5.74) is 0.649. The van der Waals surface area contributed by atoms with E-state index in [2.05, 4.69) is 12.2 Å². The molecule has 1 aromatic heterocycles. The van der Waals surface area contributed by atoms with Crippen LogP contribution in [0.3, 0.4) is 0 Å². The first-order valence-corrected chi connectivity index (χ1v) is 14.8. The number of carboxylic acids is 3. The third-order valence-electron chi connectivity index (χ3n) is 7.12. The molecule has 14 nitrogen and oxygen atoms in total. The standard InChI is InChI=1S/C29H46N6O8/c1-2-3-4-5-6-7-9-30-29(42)24-8-10-35(43)25(19-24)20-31-11-13-32(21-26(36)37)15-17-34(23-28(40)41)18-16-33(14-12-31)22-27(38)39/h8,10-11,13,19H,2-7,9,12,14-18,20-23H2,1H3,(H,30,42)(H,36,37)(H,38,39)(H,40,41)/b13-11-. The fourth-order valence-electron chi connectivity index (χ4n) is 4.73. The molecule has 2 rings (SSSR count). The van der Waals surface area contributed by atoms with Crippen LogP contribution in [-0.2, 0) is 20.9 Å². The molecule has 2 heterocycles. The summed E-state index contributed by atoms with van der Waals surface area (Å²) in [6.07, 6.45) is 11.1. The van der Waals surface area contributed by atoms with Gasteiger partial charge in [0.15, 0.2) is 6.20 Å². The van der Waals surface area contributed by atoms with Crippen molar-refractivity contribution in [2.75, 3.05) is 65.4 Å². The Hall–Kier alpha value is -3.91.